The zero-order valence-electron chi connectivity index (χ0n) is 17.1. The lowest BCUT2D eigenvalue weighted by Gasteiger charge is -2.16. The van der Waals surface area contributed by atoms with Crippen LogP contribution in [-0.4, -0.2) is 25.2 Å². The number of nitrogens with zero attached hydrogens (tertiary/aromatic N) is 4. The Balaban J connectivity index is 1.78. The van der Waals surface area contributed by atoms with Gasteiger partial charge in [0.15, 0.2) is 0 Å². The van der Waals surface area contributed by atoms with Crippen molar-refractivity contribution in [2.24, 2.45) is 0 Å². The normalized spacial score (nSPS) is 13.5. The molecule has 162 valence electrons. The number of fused-ring (bicyclic) bond motifs is 1. The number of aryl methyl sites for hydroxylation is 1. The molecule has 0 saturated carbocycles. The highest BCUT2D eigenvalue weighted by Gasteiger charge is 2.25. The quantitative estimate of drug-likeness (QED) is 0.648. The van der Waals surface area contributed by atoms with Gasteiger partial charge in [-0.15, -0.1) is 0 Å². The summed E-state index contributed by atoms with van der Waals surface area (Å²) < 4.78 is 7.70. The first-order valence-electron chi connectivity index (χ1n) is 10.2. The number of nitrogens with one attached hydrogen (secondary N) is 1. The second kappa shape index (κ2) is 8.89. The molecule has 0 aliphatic carbocycles. The van der Waals surface area contributed by atoms with E-state index in [9.17, 15) is 14.4 Å². The molecule has 0 bridgehead atoms. The Kier molecular flexibility index (Phi) is 6.03. The second-order valence-corrected chi connectivity index (χ2v) is 7.82. The molecular weight excluding hydrogens is 422 g/mol. The maximum Gasteiger partial charge on any atom is 0.331 e. The summed E-state index contributed by atoms with van der Waals surface area (Å²) in [4.78, 5) is 43.4. The second-order valence-electron chi connectivity index (χ2n) is 7.38. The number of aromatic nitrogens is 4. The van der Waals surface area contributed by atoms with Crippen molar-refractivity contribution in [3.8, 4) is 11.4 Å². The summed E-state index contributed by atoms with van der Waals surface area (Å²) in [5.74, 6) is 0.0404. The van der Waals surface area contributed by atoms with Crippen molar-refractivity contribution in [1.82, 2.24) is 19.3 Å². The number of carbonyl (C=O) groups excluding carboxylic acids is 1. The summed E-state index contributed by atoms with van der Waals surface area (Å²) in [5, 5.41) is 7.09. The van der Waals surface area contributed by atoms with Crippen molar-refractivity contribution < 1.29 is 9.32 Å². The number of hydrogen-bond acceptors (Lipinski definition) is 6. The molecule has 0 radical (unpaired) electrons. The van der Waals surface area contributed by atoms with Crippen LogP contribution in [0.2, 0.25) is 5.02 Å². The zero-order chi connectivity index (χ0) is 22.0. The van der Waals surface area contributed by atoms with E-state index in [1.54, 1.807) is 28.8 Å². The standard InChI is InChI=1S/C21H22ClN5O4/c1-2-17-24-19(25-31-17)18-15-9-4-3-5-10-26(15)21(30)27(20(18)29)12-16(28)23-14-8-6-7-13(22)11-14/h6-8,11H,2-5,9-10,12H2,1H3,(H,23,28). The summed E-state index contributed by atoms with van der Waals surface area (Å²) in [6.45, 7) is 1.90. The van der Waals surface area contributed by atoms with Crippen LogP contribution in [0.3, 0.4) is 0 Å². The largest absolute Gasteiger partial charge is 0.339 e. The van der Waals surface area contributed by atoms with E-state index in [1.807, 2.05) is 6.92 Å². The van der Waals surface area contributed by atoms with Gasteiger partial charge in [-0.2, -0.15) is 4.98 Å². The molecule has 1 aliphatic rings. The number of halogens is 1. The van der Waals surface area contributed by atoms with Gasteiger partial charge in [0, 0.05) is 29.4 Å². The van der Waals surface area contributed by atoms with Crippen LogP contribution in [0.25, 0.3) is 11.4 Å². The lowest BCUT2D eigenvalue weighted by atomic mass is 10.1. The van der Waals surface area contributed by atoms with E-state index in [2.05, 4.69) is 15.5 Å². The zero-order valence-corrected chi connectivity index (χ0v) is 17.8. The van der Waals surface area contributed by atoms with Crippen LogP contribution in [0.15, 0.2) is 38.4 Å². The molecule has 3 aromatic rings. The Hall–Kier alpha value is -3.20. The third kappa shape index (κ3) is 4.32. The number of anilines is 1. The Morgan fingerprint density at radius 3 is 2.84 bits per heavy atom. The highest BCUT2D eigenvalue weighted by atomic mass is 35.5. The maximum atomic E-state index is 13.3. The minimum absolute atomic E-state index is 0.150. The number of benzene rings is 1. The maximum absolute atomic E-state index is 13.3. The van der Waals surface area contributed by atoms with Crippen LogP contribution in [0.1, 0.15) is 37.8 Å². The monoisotopic (exact) mass is 443 g/mol. The number of amides is 1. The molecule has 0 atom stereocenters. The molecule has 1 aromatic carbocycles. The summed E-state index contributed by atoms with van der Waals surface area (Å²) in [6, 6.07) is 6.64. The van der Waals surface area contributed by atoms with Gasteiger partial charge in [-0.05, 0) is 37.5 Å². The van der Waals surface area contributed by atoms with Gasteiger partial charge < -0.3 is 9.84 Å². The van der Waals surface area contributed by atoms with Gasteiger partial charge in [0.25, 0.3) is 5.56 Å². The van der Waals surface area contributed by atoms with E-state index >= 15 is 0 Å². The predicted octanol–water partition coefficient (Wildman–Crippen LogP) is 2.64. The molecule has 0 saturated heterocycles. The molecule has 10 heteroatoms. The first-order valence-corrected chi connectivity index (χ1v) is 10.6. The van der Waals surface area contributed by atoms with Crippen LogP contribution in [-0.2, 0) is 30.7 Å². The fraction of sp³-hybridized carbons (Fsp3) is 0.381. The van der Waals surface area contributed by atoms with Crippen LogP contribution in [0.4, 0.5) is 5.69 Å². The van der Waals surface area contributed by atoms with Crippen molar-refractivity contribution in [1.29, 1.82) is 0 Å². The lowest BCUT2D eigenvalue weighted by Crippen LogP contribution is -2.44. The molecule has 4 rings (SSSR count). The van der Waals surface area contributed by atoms with Crippen molar-refractivity contribution >= 4 is 23.2 Å². The highest BCUT2D eigenvalue weighted by molar-refractivity contribution is 6.30. The summed E-state index contributed by atoms with van der Waals surface area (Å²) in [6.07, 6.45) is 3.69. The Bertz CT molecular complexity index is 1240. The fourth-order valence-electron chi connectivity index (χ4n) is 3.75. The molecule has 0 spiro atoms. The molecule has 3 heterocycles. The molecule has 31 heavy (non-hydrogen) atoms. The average Bonchev–Trinajstić information content (AvgIpc) is 3.08. The van der Waals surface area contributed by atoms with Gasteiger partial charge in [-0.25, -0.2) is 4.79 Å². The van der Waals surface area contributed by atoms with E-state index in [4.69, 9.17) is 16.1 Å². The molecule has 1 amide bonds. The molecule has 9 nitrogen and oxygen atoms in total. The Labute approximate surface area is 182 Å². The van der Waals surface area contributed by atoms with Crippen molar-refractivity contribution in [3.05, 3.63) is 61.7 Å². The van der Waals surface area contributed by atoms with Crippen LogP contribution in [0.5, 0.6) is 0 Å². The van der Waals surface area contributed by atoms with E-state index in [0.29, 0.717) is 41.7 Å². The summed E-state index contributed by atoms with van der Waals surface area (Å²) in [5.41, 5.74) is 0.197. The molecule has 0 unspecified atom stereocenters. The predicted molar refractivity (Wildman–Crippen MR) is 115 cm³/mol. The first kappa shape index (κ1) is 21.0. The SMILES string of the molecule is CCc1nc(-c2c3n(c(=O)n(CC(=O)Nc4cccc(Cl)c4)c2=O)CCCCC3)no1. The number of carbonyl (C=O) groups is 1. The average molecular weight is 444 g/mol. The Morgan fingerprint density at radius 2 is 2.10 bits per heavy atom. The van der Waals surface area contributed by atoms with Gasteiger partial charge in [0.05, 0.1) is 0 Å². The van der Waals surface area contributed by atoms with E-state index in [-0.39, 0.29) is 11.4 Å². The van der Waals surface area contributed by atoms with Gasteiger partial charge in [-0.3, -0.25) is 18.7 Å². The van der Waals surface area contributed by atoms with E-state index < -0.39 is 23.7 Å². The first-order chi connectivity index (χ1) is 15.0. The highest BCUT2D eigenvalue weighted by Crippen LogP contribution is 2.22. The number of hydrogen-bond donors (Lipinski definition) is 1. The van der Waals surface area contributed by atoms with Crippen LogP contribution in [0, 0.1) is 0 Å². The van der Waals surface area contributed by atoms with Gasteiger partial charge in [-0.1, -0.05) is 36.2 Å². The third-order valence-electron chi connectivity index (χ3n) is 5.23. The number of rotatable bonds is 5. The molecule has 2 aromatic heterocycles. The Morgan fingerprint density at radius 1 is 1.26 bits per heavy atom. The molecule has 1 aliphatic heterocycles. The van der Waals surface area contributed by atoms with Crippen molar-refractivity contribution in [3.63, 3.8) is 0 Å². The van der Waals surface area contributed by atoms with Gasteiger partial charge >= 0.3 is 5.69 Å². The fourth-order valence-corrected chi connectivity index (χ4v) is 3.94. The lowest BCUT2D eigenvalue weighted by molar-refractivity contribution is -0.116. The van der Waals surface area contributed by atoms with Gasteiger partial charge in [0.1, 0.15) is 12.1 Å². The van der Waals surface area contributed by atoms with Gasteiger partial charge in [0.2, 0.25) is 17.6 Å². The van der Waals surface area contributed by atoms with Crippen LogP contribution < -0.4 is 16.6 Å². The van der Waals surface area contributed by atoms with Crippen molar-refractivity contribution in [2.75, 3.05) is 5.32 Å². The topological polar surface area (TPSA) is 112 Å². The smallest absolute Gasteiger partial charge is 0.331 e. The van der Waals surface area contributed by atoms with E-state index in [1.165, 1.54) is 0 Å². The van der Waals surface area contributed by atoms with Crippen LogP contribution >= 0.6 is 11.6 Å². The molecule has 1 N–H and O–H groups in total. The third-order valence-corrected chi connectivity index (χ3v) is 5.47. The molecular formula is C21H22ClN5O4. The van der Waals surface area contributed by atoms with E-state index in [0.717, 1.165) is 23.8 Å². The summed E-state index contributed by atoms with van der Waals surface area (Å²) in [7, 11) is 0. The minimum Gasteiger partial charge on any atom is -0.339 e. The minimum atomic E-state index is -0.595. The molecule has 0 fully saturated rings. The summed E-state index contributed by atoms with van der Waals surface area (Å²) >= 11 is 5.95. The van der Waals surface area contributed by atoms with Crippen molar-refractivity contribution in [2.45, 2.75) is 52.1 Å².